The zero-order valence-corrected chi connectivity index (χ0v) is 28.3. The van der Waals surface area contributed by atoms with Gasteiger partial charge in [0.15, 0.2) is 0 Å². The number of nitrogens with one attached hydrogen (secondary N) is 3. The lowest BCUT2D eigenvalue weighted by atomic mass is 10.0. The van der Waals surface area contributed by atoms with Gasteiger partial charge in [-0.2, -0.15) is 0 Å². The largest absolute Gasteiger partial charge is 0.444 e. The number of alkyl halides is 2. The van der Waals surface area contributed by atoms with Gasteiger partial charge >= 0.3 is 12.1 Å². The van der Waals surface area contributed by atoms with Crippen molar-refractivity contribution in [1.29, 1.82) is 0 Å². The zero-order chi connectivity index (χ0) is 36.0. The minimum atomic E-state index is -3.97. The highest BCUT2D eigenvalue weighted by Crippen LogP contribution is 2.45. The van der Waals surface area contributed by atoms with Gasteiger partial charge in [-0.05, 0) is 42.4 Å². The lowest BCUT2D eigenvalue weighted by Crippen LogP contribution is -2.59. The van der Waals surface area contributed by atoms with Crippen LogP contribution in [0.5, 0.6) is 0 Å². The molecule has 1 aromatic carbocycles. The van der Waals surface area contributed by atoms with Crippen LogP contribution in [0.25, 0.3) is 6.08 Å². The van der Waals surface area contributed by atoms with Crippen LogP contribution < -0.4 is 15.4 Å². The molecule has 50 heavy (non-hydrogen) atoms. The fourth-order valence-corrected chi connectivity index (χ4v) is 8.15. The third-order valence-corrected chi connectivity index (χ3v) is 11.7. The van der Waals surface area contributed by atoms with Crippen molar-refractivity contribution in [1.82, 2.24) is 30.1 Å². The first-order valence-electron chi connectivity index (χ1n) is 16.6. The number of rotatable bonds is 8. The molecule has 5 aliphatic rings. The van der Waals surface area contributed by atoms with Gasteiger partial charge in [0.05, 0.1) is 18.3 Å². The van der Waals surface area contributed by atoms with Crippen molar-refractivity contribution >= 4 is 45.9 Å². The molecule has 2 saturated carbocycles. The first-order chi connectivity index (χ1) is 23.7. The second-order valence-corrected chi connectivity index (χ2v) is 15.5. The number of hydrogen-bond donors (Lipinski definition) is 3. The summed E-state index contributed by atoms with van der Waals surface area (Å²) in [6.07, 6.45) is 0.339. The maximum Gasteiger partial charge on any atom is 0.410 e. The molecule has 5 atom stereocenters. The Morgan fingerprint density at radius 1 is 1.20 bits per heavy atom. The molecule has 1 saturated heterocycles. The molecule has 3 aliphatic heterocycles. The molecule has 0 spiro atoms. The number of sulfonamides is 1. The van der Waals surface area contributed by atoms with E-state index in [-0.39, 0.29) is 39.0 Å². The zero-order valence-electron chi connectivity index (χ0n) is 27.5. The summed E-state index contributed by atoms with van der Waals surface area (Å²) in [5.41, 5.74) is 1.06. The predicted molar refractivity (Wildman–Crippen MR) is 175 cm³/mol. The van der Waals surface area contributed by atoms with Gasteiger partial charge in [-0.25, -0.2) is 26.8 Å². The van der Waals surface area contributed by atoms with Gasteiger partial charge in [0.1, 0.15) is 23.7 Å². The normalized spacial score (nSPS) is 29.1. The summed E-state index contributed by atoms with van der Waals surface area (Å²) in [7, 11) is -2.50. The first-order valence-corrected chi connectivity index (χ1v) is 18.1. The van der Waals surface area contributed by atoms with Crippen LogP contribution in [0.15, 0.2) is 36.9 Å². The number of halogens is 2. The predicted octanol–water partition coefficient (Wildman–Crippen LogP) is 1.86. The van der Waals surface area contributed by atoms with Crippen LogP contribution in [0, 0.1) is 5.92 Å². The number of benzene rings is 1. The molecule has 3 N–H and O–H groups in total. The van der Waals surface area contributed by atoms with Crippen molar-refractivity contribution in [2.75, 3.05) is 20.1 Å². The van der Waals surface area contributed by atoms with E-state index in [1.54, 1.807) is 0 Å². The van der Waals surface area contributed by atoms with E-state index in [0.29, 0.717) is 19.3 Å². The van der Waals surface area contributed by atoms with Crippen LogP contribution >= 0.6 is 0 Å². The molecule has 270 valence electrons. The highest BCUT2D eigenvalue weighted by molar-refractivity contribution is 7.91. The number of fused-ring (bicyclic) bond motifs is 3. The molecule has 3 fully saturated rings. The van der Waals surface area contributed by atoms with E-state index < -0.39 is 87.6 Å². The number of amides is 6. The van der Waals surface area contributed by atoms with Crippen LogP contribution in [-0.4, -0.2) is 109 Å². The third-order valence-electron chi connectivity index (χ3n) is 9.93. The lowest BCUT2D eigenvalue weighted by Gasteiger charge is -2.30. The Morgan fingerprint density at radius 2 is 1.96 bits per heavy atom. The van der Waals surface area contributed by atoms with E-state index in [1.807, 2.05) is 30.4 Å². The summed E-state index contributed by atoms with van der Waals surface area (Å²) >= 11 is 0. The van der Waals surface area contributed by atoms with Gasteiger partial charge in [0, 0.05) is 38.9 Å². The number of nitrogens with zero attached hydrogens (tertiary/aromatic N) is 3. The van der Waals surface area contributed by atoms with Gasteiger partial charge in [-0.15, -0.1) is 6.58 Å². The molecule has 1 aromatic rings. The average molecular weight is 719 g/mol. The summed E-state index contributed by atoms with van der Waals surface area (Å²) in [6, 6.07) is 1.73. The Bertz CT molecular complexity index is 1740. The SMILES string of the molecule is C=C[C@H]1C[C@]1(NC(=O)[C@@H]1C[C@@H]2CN1C(=O)[C@H](CC(F)F)NC(=O)N(C)CC/C=C/c1cccc3c1CN(C3)C(=O)O2)C(=O)NS(=O)(=O)C1CC1. The summed E-state index contributed by atoms with van der Waals surface area (Å²) < 4.78 is 60.6. The van der Waals surface area contributed by atoms with Crippen LogP contribution in [0.2, 0.25) is 0 Å². The highest BCUT2D eigenvalue weighted by atomic mass is 32.2. The maximum atomic E-state index is 14.0. The number of carbonyl (C=O) groups is 5. The molecular weight excluding hydrogens is 678 g/mol. The van der Waals surface area contributed by atoms with Crippen molar-refractivity contribution in [2.45, 2.75) is 87.0 Å². The molecule has 3 heterocycles. The molecule has 14 nitrogen and oxygen atoms in total. The van der Waals surface area contributed by atoms with Crippen LogP contribution in [0.4, 0.5) is 18.4 Å². The summed E-state index contributed by atoms with van der Waals surface area (Å²) in [6.45, 7) is 4.03. The minimum absolute atomic E-state index is 0.0378. The quantitative estimate of drug-likeness (QED) is 0.342. The number of hydrogen-bond acceptors (Lipinski definition) is 8. The van der Waals surface area contributed by atoms with Crippen LogP contribution in [0.3, 0.4) is 0 Å². The number of carbonyl (C=O) groups excluding carboxylic acids is 5. The van der Waals surface area contributed by atoms with E-state index in [2.05, 4.69) is 21.9 Å². The Morgan fingerprint density at radius 3 is 2.64 bits per heavy atom. The second-order valence-electron chi connectivity index (χ2n) is 13.5. The Kier molecular flexibility index (Phi) is 9.63. The molecule has 2 aliphatic carbocycles. The molecule has 0 radical (unpaired) electrons. The molecule has 0 unspecified atom stereocenters. The van der Waals surface area contributed by atoms with E-state index in [9.17, 15) is 41.2 Å². The van der Waals surface area contributed by atoms with Crippen molar-refractivity contribution in [3.63, 3.8) is 0 Å². The van der Waals surface area contributed by atoms with Crippen molar-refractivity contribution < 1.29 is 45.9 Å². The summed E-state index contributed by atoms with van der Waals surface area (Å²) in [5, 5.41) is 4.27. The molecule has 4 bridgehead atoms. The Hall–Kier alpha value is -4.54. The summed E-state index contributed by atoms with van der Waals surface area (Å²) in [4.78, 5) is 71.5. The van der Waals surface area contributed by atoms with Gasteiger partial charge < -0.3 is 25.2 Å². The second kappa shape index (κ2) is 13.6. The third kappa shape index (κ3) is 7.18. The highest BCUT2D eigenvalue weighted by Gasteiger charge is 2.62. The molecule has 17 heteroatoms. The fourth-order valence-electron chi connectivity index (χ4n) is 6.78. The van der Waals surface area contributed by atoms with E-state index in [0.717, 1.165) is 21.6 Å². The lowest BCUT2D eigenvalue weighted by molar-refractivity contribution is -0.141. The average Bonchev–Trinajstić information content (AvgIpc) is 3.95. The molecule has 0 aromatic heterocycles. The van der Waals surface area contributed by atoms with Crippen LogP contribution in [-0.2, 0) is 42.2 Å². The van der Waals surface area contributed by atoms with E-state index >= 15 is 0 Å². The number of urea groups is 1. The first kappa shape index (κ1) is 35.3. The monoisotopic (exact) mass is 718 g/mol. The van der Waals surface area contributed by atoms with Gasteiger partial charge in [-0.3, -0.25) is 24.0 Å². The van der Waals surface area contributed by atoms with E-state index in [1.165, 1.54) is 22.9 Å². The topological polar surface area (TPSA) is 175 Å². The molecule has 6 rings (SSSR count). The summed E-state index contributed by atoms with van der Waals surface area (Å²) in [5.74, 6) is -3.46. The smallest absolute Gasteiger partial charge is 0.410 e. The molecule has 6 amide bonds. The van der Waals surface area contributed by atoms with Crippen molar-refractivity contribution in [2.24, 2.45) is 5.92 Å². The Balaban J connectivity index is 1.28. The van der Waals surface area contributed by atoms with Crippen LogP contribution in [0.1, 0.15) is 55.2 Å². The standard InChI is InChI=1S/C33H40F2N6O8S/c1-3-21-15-33(21,30(44)38-50(47,48)23-10-11-23)37-28(42)26-13-22-17-41(26)29(43)25(14-27(34)35)36-31(45)39(2)12-5-4-7-19-8-6-9-20-16-40(18-24(19)20)32(46)49-22/h3-4,6-9,21-23,25-27H,1,5,10-18H2,2H3,(H,36,45)(H,37,42)(H,38,44)/b7-4+/t21-,22+,25-,26-,33+/m0/s1. The van der Waals surface area contributed by atoms with Gasteiger partial charge in [-0.1, -0.05) is 36.4 Å². The molecular formula is C33H40F2N6O8S. The van der Waals surface area contributed by atoms with Crippen molar-refractivity contribution in [3.8, 4) is 0 Å². The Labute approximate surface area is 288 Å². The van der Waals surface area contributed by atoms with Crippen molar-refractivity contribution in [3.05, 3.63) is 53.6 Å². The van der Waals surface area contributed by atoms with Gasteiger partial charge in [0.2, 0.25) is 28.3 Å². The maximum absolute atomic E-state index is 14.0. The minimum Gasteiger partial charge on any atom is -0.444 e. The van der Waals surface area contributed by atoms with Gasteiger partial charge in [0.25, 0.3) is 5.91 Å². The van der Waals surface area contributed by atoms with E-state index in [4.69, 9.17) is 4.74 Å². The fraction of sp³-hybridized carbons (Fsp3) is 0.545. The number of ether oxygens (including phenoxy) is 1.